The van der Waals surface area contributed by atoms with Gasteiger partial charge in [0.05, 0.1) is 6.54 Å². The van der Waals surface area contributed by atoms with Crippen molar-refractivity contribution in [2.24, 2.45) is 0 Å². The Bertz CT molecular complexity index is 1720. The van der Waals surface area contributed by atoms with Gasteiger partial charge in [0, 0.05) is 101 Å². The number of amides is 4. The van der Waals surface area contributed by atoms with E-state index in [1.54, 1.807) is 6.92 Å². The first kappa shape index (κ1) is 34.5. The Kier molecular flexibility index (Phi) is 10.5. The van der Waals surface area contributed by atoms with Crippen molar-refractivity contribution in [3.8, 4) is 11.1 Å². The van der Waals surface area contributed by atoms with Crippen LogP contribution < -0.4 is 20.4 Å². The molecule has 4 saturated heterocycles. The van der Waals surface area contributed by atoms with E-state index < -0.39 is 6.04 Å². The van der Waals surface area contributed by atoms with Gasteiger partial charge in [-0.1, -0.05) is 30.7 Å². The molecule has 4 aliphatic heterocycles. The van der Waals surface area contributed by atoms with E-state index in [-0.39, 0.29) is 29.7 Å². The molecule has 0 saturated carbocycles. The number of piperidine rings is 2. The molecule has 2 N–H and O–H groups in total. The number of carbonyl (C=O) groups excluding carboxylic acids is 4. The number of carbonyl (C=O) groups is 4. The first-order valence-electron chi connectivity index (χ1n) is 18.3. The Labute approximate surface area is 299 Å². The maximum Gasteiger partial charge on any atom is 0.249 e. The van der Waals surface area contributed by atoms with E-state index in [0.29, 0.717) is 32.5 Å². The number of hydrogen-bond acceptors (Lipinski definition) is 9. The minimum absolute atomic E-state index is 0.123. The molecule has 51 heavy (non-hydrogen) atoms. The van der Waals surface area contributed by atoms with Crippen molar-refractivity contribution >= 4 is 40.8 Å². The highest BCUT2D eigenvalue weighted by atomic mass is 16.2. The number of likely N-dealkylation sites (tertiary alicyclic amines) is 1. The molecule has 0 spiro atoms. The summed E-state index contributed by atoms with van der Waals surface area (Å²) in [7, 11) is 0. The minimum Gasteiger partial charge on any atom is -0.374 e. The van der Waals surface area contributed by atoms with E-state index in [2.05, 4.69) is 67.8 Å². The lowest BCUT2D eigenvalue weighted by Gasteiger charge is -2.39. The van der Waals surface area contributed by atoms with Crippen LogP contribution in [0.3, 0.4) is 0 Å². The summed E-state index contributed by atoms with van der Waals surface area (Å²) in [5.41, 5.74) is 5.17. The van der Waals surface area contributed by atoms with Crippen LogP contribution >= 0.6 is 0 Å². The van der Waals surface area contributed by atoms with Gasteiger partial charge in [-0.2, -0.15) is 0 Å². The molecule has 7 rings (SSSR count). The predicted molar refractivity (Wildman–Crippen MR) is 196 cm³/mol. The molecule has 5 heterocycles. The quantitative estimate of drug-likeness (QED) is 0.343. The molecule has 4 fully saturated rings. The fraction of sp³-hybridized carbons (Fsp3) is 0.462. The van der Waals surface area contributed by atoms with Crippen LogP contribution in [-0.4, -0.2) is 115 Å². The molecule has 4 amide bonds. The maximum absolute atomic E-state index is 13.6. The third kappa shape index (κ3) is 8.17. The SMILES string of the molecule is CC(=O)N1CCN(c2ccc(-c3cc[c]c(N4CCN(C(=O)CN5CCCCC5c5ccc(NC6CCC(=O)NC6=O)cc5)CC4)c3)cn2)CC1. The molecule has 1 radical (unpaired) electrons. The molecule has 3 aromatic rings. The standard InChI is InChI=1S/C39H47N8O4/c1-28(48)43-17-21-45(22-18-43)36-14-10-31(26-40-36)30-5-4-6-33(25-30)44-19-23-46(24-20-44)38(50)27-47-16-3-2-7-35(47)29-8-11-32(12-9-29)41-34-13-15-37(49)42-39(34)51/h4-5,8-12,14,25-26,34-35,41H,2-3,7,13,15-24,27H2,1H3,(H,42,49,51). The fourth-order valence-electron chi connectivity index (χ4n) is 7.67. The van der Waals surface area contributed by atoms with Gasteiger partial charge in [0.15, 0.2) is 0 Å². The van der Waals surface area contributed by atoms with Gasteiger partial charge < -0.3 is 24.9 Å². The highest BCUT2D eigenvalue weighted by Gasteiger charge is 2.30. The van der Waals surface area contributed by atoms with Crippen LogP contribution in [0.15, 0.2) is 60.8 Å². The van der Waals surface area contributed by atoms with Gasteiger partial charge in [0.1, 0.15) is 11.9 Å². The number of hydrogen-bond donors (Lipinski definition) is 2. The molecule has 2 atom stereocenters. The summed E-state index contributed by atoms with van der Waals surface area (Å²) in [4.78, 5) is 64.4. The molecule has 2 aromatic carbocycles. The largest absolute Gasteiger partial charge is 0.374 e. The summed E-state index contributed by atoms with van der Waals surface area (Å²) in [6.45, 7) is 8.76. The van der Waals surface area contributed by atoms with Crippen molar-refractivity contribution in [3.05, 3.63) is 72.4 Å². The van der Waals surface area contributed by atoms with Gasteiger partial charge in [-0.15, -0.1) is 0 Å². The van der Waals surface area contributed by atoms with E-state index >= 15 is 0 Å². The molecule has 12 heteroatoms. The van der Waals surface area contributed by atoms with Gasteiger partial charge in [0.25, 0.3) is 0 Å². The number of anilines is 3. The molecule has 12 nitrogen and oxygen atoms in total. The second-order valence-corrected chi connectivity index (χ2v) is 14.0. The number of benzene rings is 2. The van der Waals surface area contributed by atoms with Crippen molar-refractivity contribution in [3.63, 3.8) is 0 Å². The van der Waals surface area contributed by atoms with Crippen molar-refractivity contribution in [1.29, 1.82) is 0 Å². The van der Waals surface area contributed by atoms with Crippen LogP contribution in [0.5, 0.6) is 0 Å². The topological polar surface area (TPSA) is 121 Å². The van der Waals surface area contributed by atoms with Gasteiger partial charge in [-0.25, -0.2) is 4.98 Å². The monoisotopic (exact) mass is 691 g/mol. The van der Waals surface area contributed by atoms with Crippen LogP contribution in [0, 0.1) is 6.07 Å². The second kappa shape index (κ2) is 15.5. The van der Waals surface area contributed by atoms with Crippen molar-refractivity contribution in [2.45, 2.75) is 51.1 Å². The molecular weight excluding hydrogens is 644 g/mol. The molecule has 0 aliphatic carbocycles. The van der Waals surface area contributed by atoms with E-state index in [9.17, 15) is 19.2 Å². The van der Waals surface area contributed by atoms with Crippen LogP contribution in [0.2, 0.25) is 0 Å². The number of imide groups is 1. The van der Waals surface area contributed by atoms with E-state index in [1.165, 1.54) is 5.56 Å². The third-order valence-corrected chi connectivity index (χ3v) is 10.7. The zero-order valence-corrected chi connectivity index (χ0v) is 29.4. The first-order valence-corrected chi connectivity index (χ1v) is 18.3. The summed E-state index contributed by atoms with van der Waals surface area (Å²) in [6, 6.07) is 21.7. The first-order chi connectivity index (χ1) is 24.8. The van der Waals surface area contributed by atoms with Gasteiger partial charge in [-0.05, 0) is 67.3 Å². The summed E-state index contributed by atoms with van der Waals surface area (Å²) in [6.07, 6.45) is 5.95. The molecule has 1 aromatic heterocycles. The lowest BCUT2D eigenvalue weighted by Crippen LogP contribution is -2.52. The Morgan fingerprint density at radius 2 is 1.59 bits per heavy atom. The smallest absolute Gasteiger partial charge is 0.249 e. The number of nitrogens with one attached hydrogen (secondary N) is 2. The van der Waals surface area contributed by atoms with Crippen molar-refractivity contribution in [1.82, 2.24) is 25.0 Å². The lowest BCUT2D eigenvalue weighted by molar-refractivity contribution is -0.134. The van der Waals surface area contributed by atoms with Crippen LogP contribution in [0.1, 0.15) is 50.6 Å². The molecule has 0 bridgehead atoms. The highest BCUT2D eigenvalue weighted by Crippen LogP contribution is 2.32. The maximum atomic E-state index is 13.6. The Hall–Kier alpha value is -4.97. The fourth-order valence-corrected chi connectivity index (χ4v) is 7.67. The van der Waals surface area contributed by atoms with Gasteiger partial charge >= 0.3 is 0 Å². The second-order valence-electron chi connectivity index (χ2n) is 14.0. The Balaban J connectivity index is 0.911. The summed E-state index contributed by atoms with van der Waals surface area (Å²) in [5, 5.41) is 5.65. The van der Waals surface area contributed by atoms with E-state index in [4.69, 9.17) is 4.98 Å². The van der Waals surface area contributed by atoms with Gasteiger partial charge in [0.2, 0.25) is 23.6 Å². The zero-order chi connectivity index (χ0) is 35.3. The molecule has 4 aliphatic rings. The van der Waals surface area contributed by atoms with Crippen LogP contribution in [0.25, 0.3) is 11.1 Å². The highest BCUT2D eigenvalue weighted by molar-refractivity contribution is 6.01. The number of rotatable bonds is 8. The minimum atomic E-state index is -0.414. The number of pyridine rings is 1. The lowest BCUT2D eigenvalue weighted by atomic mass is 9.95. The molecule has 267 valence electrons. The van der Waals surface area contributed by atoms with Crippen molar-refractivity contribution in [2.75, 3.05) is 80.6 Å². The number of piperazine rings is 2. The van der Waals surface area contributed by atoms with Crippen LogP contribution in [-0.2, 0) is 19.2 Å². The summed E-state index contributed by atoms with van der Waals surface area (Å²) >= 11 is 0. The van der Waals surface area contributed by atoms with E-state index in [1.807, 2.05) is 34.2 Å². The summed E-state index contributed by atoms with van der Waals surface area (Å²) in [5.74, 6) is 0.721. The number of nitrogens with zero attached hydrogens (tertiary/aromatic N) is 6. The number of aromatic nitrogens is 1. The third-order valence-electron chi connectivity index (χ3n) is 10.7. The average Bonchev–Trinajstić information content (AvgIpc) is 3.17. The Morgan fingerprint density at radius 1 is 0.843 bits per heavy atom. The normalized spacial score (nSPS) is 21.7. The Morgan fingerprint density at radius 3 is 2.29 bits per heavy atom. The van der Waals surface area contributed by atoms with E-state index in [0.717, 1.165) is 93.4 Å². The van der Waals surface area contributed by atoms with Gasteiger partial charge in [-0.3, -0.25) is 29.4 Å². The molecular formula is C39H47N8O4. The summed E-state index contributed by atoms with van der Waals surface area (Å²) < 4.78 is 0. The van der Waals surface area contributed by atoms with Crippen molar-refractivity contribution < 1.29 is 19.2 Å². The van der Waals surface area contributed by atoms with Crippen LogP contribution in [0.4, 0.5) is 17.2 Å². The predicted octanol–water partition coefficient (Wildman–Crippen LogP) is 3.31. The average molecular weight is 692 g/mol. The molecule has 2 unspecified atom stereocenters. The zero-order valence-electron chi connectivity index (χ0n) is 29.4.